The second-order valence-electron chi connectivity index (χ2n) is 6.68. The molecule has 1 amide bonds. The van der Waals surface area contributed by atoms with Crippen LogP contribution in [-0.2, 0) is 0 Å². The summed E-state index contributed by atoms with van der Waals surface area (Å²) >= 11 is 9.24. The lowest BCUT2D eigenvalue weighted by molar-refractivity contribution is 0.0946. The fraction of sp³-hybridized carbons (Fsp3) is 0.368. The van der Waals surface area contributed by atoms with E-state index in [4.69, 9.17) is 11.6 Å². The van der Waals surface area contributed by atoms with Gasteiger partial charge in [-0.15, -0.1) is 0 Å². The number of carbonyl (C=O) groups is 1. The predicted octanol–water partition coefficient (Wildman–Crippen LogP) is 4.87. The molecule has 0 saturated carbocycles. The number of halogens is 5. The van der Waals surface area contributed by atoms with Crippen LogP contribution >= 0.6 is 27.5 Å². The number of nitrogens with zero attached hydrogens (tertiary/aromatic N) is 2. The summed E-state index contributed by atoms with van der Waals surface area (Å²) in [5.41, 5.74) is -0.906. The Balaban J connectivity index is 1.80. The Kier molecular flexibility index (Phi) is 7.37. The van der Waals surface area contributed by atoms with Crippen LogP contribution in [0.2, 0.25) is 5.02 Å². The third-order valence-corrected chi connectivity index (χ3v) is 5.34. The van der Waals surface area contributed by atoms with Gasteiger partial charge in [0.2, 0.25) is 0 Å². The summed E-state index contributed by atoms with van der Waals surface area (Å²) in [6.07, 6.45) is 4.80. The first-order valence-corrected chi connectivity index (χ1v) is 10.3. The molecule has 0 bridgehead atoms. The van der Waals surface area contributed by atoms with E-state index in [-0.39, 0.29) is 16.4 Å². The SMILES string of the molecule is O=C(NCCN1CCCCC1)c1cc(F)c(F)c(F)c1Nc1ncc(Br)cc1Cl. The van der Waals surface area contributed by atoms with Crippen molar-refractivity contribution in [1.82, 2.24) is 15.2 Å². The summed E-state index contributed by atoms with van der Waals surface area (Å²) in [7, 11) is 0. The number of anilines is 2. The third kappa shape index (κ3) is 5.40. The fourth-order valence-electron chi connectivity index (χ4n) is 3.13. The number of rotatable bonds is 6. The maximum absolute atomic E-state index is 14.4. The molecule has 0 aliphatic carbocycles. The highest BCUT2D eigenvalue weighted by Crippen LogP contribution is 2.31. The van der Waals surface area contributed by atoms with Gasteiger partial charge in [-0.25, -0.2) is 18.2 Å². The van der Waals surface area contributed by atoms with Crippen molar-refractivity contribution in [1.29, 1.82) is 0 Å². The van der Waals surface area contributed by atoms with Crippen LogP contribution in [0, 0.1) is 17.5 Å². The minimum Gasteiger partial charge on any atom is -0.351 e. The van der Waals surface area contributed by atoms with Gasteiger partial charge in [-0.05, 0) is 54.0 Å². The number of hydrogen-bond donors (Lipinski definition) is 2. The van der Waals surface area contributed by atoms with Crippen LogP contribution < -0.4 is 10.6 Å². The molecule has 3 rings (SSSR count). The number of amides is 1. The highest BCUT2D eigenvalue weighted by atomic mass is 79.9. The molecule has 5 nitrogen and oxygen atoms in total. The van der Waals surface area contributed by atoms with Gasteiger partial charge in [-0.3, -0.25) is 4.79 Å². The summed E-state index contributed by atoms with van der Waals surface area (Å²) in [4.78, 5) is 18.8. The van der Waals surface area contributed by atoms with Crippen molar-refractivity contribution in [3.63, 3.8) is 0 Å². The van der Waals surface area contributed by atoms with Crippen LogP contribution in [0.5, 0.6) is 0 Å². The van der Waals surface area contributed by atoms with Crippen molar-refractivity contribution in [2.24, 2.45) is 0 Å². The number of nitrogens with one attached hydrogen (secondary N) is 2. The Labute approximate surface area is 179 Å². The second kappa shape index (κ2) is 9.77. The predicted molar refractivity (Wildman–Crippen MR) is 109 cm³/mol. The molecule has 1 saturated heterocycles. The maximum atomic E-state index is 14.4. The summed E-state index contributed by atoms with van der Waals surface area (Å²) in [6.45, 7) is 2.84. The van der Waals surface area contributed by atoms with Gasteiger partial charge in [0.25, 0.3) is 5.91 Å². The van der Waals surface area contributed by atoms with Crippen LogP contribution in [0.1, 0.15) is 29.6 Å². The molecule has 1 aliphatic rings. The molecule has 0 atom stereocenters. The quantitative estimate of drug-likeness (QED) is 0.566. The molecule has 10 heteroatoms. The number of carbonyl (C=O) groups excluding carboxylic acids is 1. The Bertz CT molecular complexity index is 910. The molecule has 1 aromatic carbocycles. The van der Waals surface area contributed by atoms with Crippen molar-refractivity contribution in [3.8, 4) is 0 Å². The lowest BCUT2D eigenvalue weighted by atomic mass is 10.1. The van der Waals surface area contributed by atoms with Crippen molar-refractivity contribution >= 4 is 44.9 Å². The molecule has 1 aromatic heterocycles. The lowest BCUT2D eigenvalue weighted by Gasteiger charge is -2.26. The van der Waals surface area contributed by atoms with E-state index in [9.17, 15) is 18.0 Å². The number of piperidine rings is 1. The summed E-state index contributed by atoms with van der Waals surface area (Å²) in [5, 5.41) is 5.25. The molecule has 29 heavy (non-hydrogen) atoms. The highest BCUT2D eigenvalue weighted by Gasteiger charge is 2.24. The van der Waals surface area contributed by atoms with Crippen molar-refractivity contribution in [2.45, 2.75) is 19.3 Å². The number of hydrogen-bond acceptors (Lipinski definition) is 4. The standard InChI is InChI=1S/C19H19BrClF3N4O/c20-11-8-13(21)18(26-10-11)27-17-12(9-14(22)15(23)16(17)24)19(29)25-4-7-28-5-2-1-3-6-28/h8-10H,1-7H2,(H,25,29)(H,26,27). The number of aromatic nitrogens is 1. The fourth-order valence-corrected chi connectivity index (χ4v) is 3.80. The van der Waals surface area contributed by atoms with Crippen molar-refractivity contribution < 1.29 is 18.0 Å². The zero-order valence-corrected chi connectivity index (χ0v) is 17.7. The first-order chi connectivity index (χ1) is 13.9. The number of benzene rings is 1. The largest absolute Gasteiger partial charge is 0.351 e. The average Bonchev–Trinajstić information content (AvgIpc) is 2.70. The second-order valence-corrected chi connectivity index (χ2v) is 8.00. The molecule has 2 heterocycles. The van der Waals surface area contributed by atoms with Gasteiger partial charge in [0.15, 0.2) is 17.5 Å². The molecular formula is C19H19BrClF3N4O. The van der Waals surface area contributed by atoms with E-state index in [1.165, 1.54) is 18.7 Å². The molecule has 156 valence electrons. The van der Waals surface area contributed by atoms with Crippen LogP contribution in [0.4, 0.5) is 24.7 Å². The van der Waals surface area contributed by atoms with Gasteiger partial charge in [-0.1, -0.05) is 18.0 Å². The number of likely N-dealkylation sites (tertiary alicyclic amines) is 1. The van der Waals surface area contributed by atoms with E-state index < -0.39 is 29.0 Å². The third-order valence-electron chi connectivity index (χ3n) is 4.62. The van der Waals surface area contributed by atoms with Crippen LogP contribution in [0.3, 0.4) is 0 Å². The van der Waals surface area contributed by atoms with Crippen LogP contribution in [-0.4, -0.2) is 42.0 Å². The molecular weight excluding hydrogens is 473 g/mol. The molecule has 1 fully saturated rings. The summed E-state index contributed by atoms with van der Waals surface area (Å²) in [5.74, 6) is -5.39. The molecule has 0 unspecified atom stereocenters. The van der Waals surface area contributed by atoms with E-state index >= 15 is 0 Å². The topological polar surface area (TPSA) is 57.3 Å². The monoisotopic (exact) mass is 490 g/mol. The summed E-state index contributed by atoms with van der Waals surface area (Å²) < 4.78 is 42.6. The van der Waals surface area contributed by atoms with E-state index in [0.29, 0.717) is 23.6 Å². The van der Waals surface area contributed by atoms with E-state index in [0.717, 1.165) is 25.9 Å². The molecule has 0 spiro atoms. The van der Waals surface area contributed by atoms with Gasteiger partial charge in [-0.2, -0.15) is 0 Å². The smallest absolute Gasteiger partial charge is 0.253 e. The Morgan fingerprint density at radius 1 is 1.17 bits per heavy atom. The Morgan fingerprint density at radius 3 is 2.59 bits per heavy atom. The first-order valence-electron chi connectivity index (χ1n) is 9.13. The van der Waals surface area contributed by atoms with E-state index in [1.807, 2.05) is 0 Å². The Morgan fingerprint density at radius 2 is 1.90 bits per heavy atom. The molecule has 2 N–H and O–H groups in total. The van der Waals surface area contributed by atoms with E-state index in [2.05, 4.69) is 36.4 Å². The van der Waals surface area contributed by atoms with Crippen molar-refractivity contribution in [2.75, 3.05) is 31.5 Å². The minimum atomic E-state index is -1.69. The van der Waals surface area contributed by atoms with Gasteiger partial charge in [0, 0.05) is 23.8 Å². The van der Waals surface area contributed by atoms with Gasteiger partial charge in [0.1, 0.15) is 5.82 Å². The van der Waals surface area contributed by atoms with Gasteiger partial charge >= 0.3 is 0 Å². The van der Waals surface area contributed by atoms with E-state index in [1.54, 1.807) is 0 Å². The molecule has 2 aromatic rings. The normalized spacial score (nSPS) is 14.7. The summed E-state index contributed by atoms with van der Waals surface area (Å²) in [6, 6.07) is 2.15. The van der Waals surface area contributed by atoms with Gasteiger partial charge in [0.05, 0.1) is 16.3 Å². The molecule has 0 radical (unpaired) electrons. The number of pyridine rings is 1. The lowest BCUT2D eigenvalue weighted by Crippen LogP contribution is -2.37. The van der Waals surface area contributed by atoms with Gasteiger partial charge < -0.3 is 15.5 Å². The Hall–Kier alpha value is -1.84. The van der Waals surface area contributed by atoms with Crippen LogP contribution in [0.15, 0.2) is 22.8 Å². The maximum Gasteiger partial charge on any atom is 0.253 e. The zero-order chi connectivity index (χ0) is 21.0. The van der Waals surface area contributed by atoms with Crippen molar-refractivity contribution in [3.05, 3.63) is 50.8 Å². The zero-order valence-electron chi connectivity index (χ0n) is 15.4. The molecule has 1 aliphatic heterocycles. The minimum absolute atomic E-state index is 0.00198. The van der Waals surface area contributed by atoms with Crippen LogP contribution in [0.25, 0.3) is 0 Å². The highest BCUT2D eigenvalue weighted by molar-refractivity contribution is 9.10. The average molecular weight is 492 g/mol. The first kappa shape index (κ1) is 21.9.